The molecule has 0 atom stereocenters. The molecule has 0 radical (unpaired) electrons. The van der Waals surface area contributed by atoms with Crippen molar-refractivity contribution in [1.29, 1.82) is 0 Å². The van der Waals surface area contributed by atoms with Gasteiger partial charge in [0.2, 0.25) is 0 Å². The van der Waals surface area contributed by atoms with Crippen molar-refractivity contribution >= 4 is 21.6 Å². The number of nitrogens with two attached hydrogens (primary N) is 1. The molecule has 0 heterocycles. The highest BCUT2D eigenvalue weighted by Gasteiger charge is 2.23. The van der Waals surface area contributed by atoms with Gasteiger partial charge in [-0.3, -0.25) is 0 Å². The lowest BCUT2D eigenvalue weighted by atomic mass is 9.93. The van der Waals surface area contributed by atoms with Crippen LogP contribution in [-0.2, 0) is 6.54 Å². The first kappa shape index (κ1) is 14.8. The van der Waals surface area contributed by atoms with E-state index < -0.39 is 0 Å². The van der Waals surface area contributed by atoms with Gasteiger partial charge in [0.05, 0.1) is 6.61 Å². The summed E-state index contributed by atoms with van der Waals surface area (Å²) in [6.07, 6.45) is 6.36. The predicted molar refractivity (Wildman–Crippen MR) is 83.3 cm³/mol. The minimum absolute atomic E-state index is 0.188. The van der Waals surface area contributed by atoms with Gasteiger partial charge < -0.3 is 15.7 Å². The molecule has 0 aromatic heterocycles. The van der Waals surface area contributed by atoms with E-state index in [-0.39, 0.29) is 6.61 Å². The van der Waals surface area contributed by atoms with Gasteiger partial charge in [-0.2, -0.15) is 0 Å². The number of nitrogens with zero attached hydrogens (tertiary/aromatic N) is 1. The number of hydrogen-bond acceptors (Lipinski definition) is 3. The van der Waals surface area contributed by atoms with Crippen molar-refractivity contribution in [3.8, 4) is 0 Å². The summed E-state index contributed by atoms with van der Waals surface area (Å²) >= 11 is 3.58. The Balaban J connectivity index is 2.29. The molecule has 1 aromatic rings. The standard InChI is InChI=1S/C15H23BrN2O/c16-14-7-4-8-15(13(14)11-17)18(9-10-19)12-5-2-1-3-6-12/h4,7-8,12,19H,1-3,5-6,9-11,17H2. The van der Waals surface area contributed by atoms with Crippen molar-refractivity contribution < 1.29 is 5.11 Å². The quantitative estimate of drug-likeness (QED) is 0.874. The Morgan fingerprint density at radius 1 is 1.26 bits per heavy atom. The monoisotopic (exact) mass is 326 g/mol. The van der Waals surface area contributed by atoms with Gasteiger partial charge in [-0.05, 0) is 25.0 Å². The molecule has 3 N–H and O–H groups in total. The number of hydrogen-bond donors (Lipinski definition) is 2. The first-order chi connectivity index (χ1) is 9.27. The van der Waals surface area contributed by atoms with Crippen LogP contribution in [0, 0.1) is 0 Å². The van der Waals surface area contributed by atoms with Gasteiger partial charge >= 0.3 is 0 Å². The summed E-state index contributed by atoms with van der Waals surface area (Å²) in [5.74, 6) is 0. The lowest BCUT2D eigenvalue weighted by Gasteiger charge is -2.37. The van der Waals surface area contributed by atoms with Crippen LogP contribution < -0.4 is 10.6 Å². The van der Waals surface area contributed by atoms with Crippen molar-refractivity contribution in [2.24, 2.45) is 5.73 Å². The molecule has 1 aliphatic carbocycles. The first-order valence-electron chi connectivity index (χ1n) is 7.13. The lowest BCUT2D eigenvalue weighted by Crippen LogP contribution is -2.39. The topological polar surface area (TPSA) is 49.5 Å². The molecule has 1 fully saturated rings. The van der Waals surface area contributed by atoms with Crippen molar-refractivity contribution in [2.75, 3.05) is 18.1 Å². The minimum atomic E-state index is 0.188. The fourth-order valence-corrected chi connectivity index (χ4v) is 3.54. The van der Waals surface area contributed by atoms with E-state index in [4.69, 9.17) is 5.73 Å². The van der Waals surface area contributed by atoms with Crippen LogP contribution in [-0.4, -0.2) is 24.3 Å². The molecular weight excluding hydrogens is 304 g/mol. The molecule has 0 amide bonds. The van der Waals surface area contributed by atoms with E-state index in [1.165, 1.54) is 37.8 Å². The van der Waals surface area contributed by atoms with Crippen LogP contribution in [0.1, 0.15) is 37.7 Å². The molecular formula is C15H23BrN2O. The van der Waals surface area contributed by atoms with Gasteiger partial charge in [-0.15, -0.1) is 0 Å². The van der Waals surface area contributed by atoms with Crippen LogP contribution in [0.2, 0.25) is 0 Å². The third kappa shape index (κ3) is 3.50. The lowest BCUT2D eigenvalue weighted by molar-refractivity contribution is 0.290. The zero-order chi connectivity index (χ0) is 13.7. The Kier molecular flexibility index (Phi) is 5.67. The van der Waals surface area contributed by atoms with E-state index in [1.807, 2.05) is 12.1 Å². The van der Waals surface area contributed by atoms with Crippen molar-refractivity contribution in [1.82, 2.24) is 0 Å². The maximum absolute atomic E-state index is 9.38. The molecule has 0 aliphatic heterocycles. The third-order valence-corrected chi connectivity index (χ3v) is 4.71. The van der Waals surface area contributed by atoms with Crippen molar-refractivity contribution in [3.63, 3.8) is 0 Å². The van der Waals surface area contributed by atoms with Crippen molar-refractivity contribution in [3.05, 3.63) is 28.2 Å². The zero-order valence-electron chi connectivity index (χ0n) is 11.3. The van der Waals surface area contributed by atoms with E-state index in [9.17, 15) is 5.11 Å². The van der Waals surface area contributed by atoms with Crippen LogP contribution in [0.3, 0.4) is 0 Å². The number of aliphatic hydroxyl groups excluding tert-OH is 1. The Morgan fingerprint density at radius 3 is 2.63 bits per heavy atom. The molecule has 1 aromatic carbocycles. The molecule has 2 rings (SSSR count). The highest BCUT2D eigenvalue weighted by molar-refractivity contribution is 9.10. The molecule has 0 bridgehead atoms. The van der Waals surface area contributed by atoms with Gasteiger partial charge in [0, 0.05) is 34.9 Å². The zero-order valence-corrected chi connectivity index (χ0v) is 12.9. The van der Waals surface area contributed by atoms with Crippen LogP contribution >= 0.6 is 15.9 Å². The van der Waals surface area contributed by atoms with E-state index in [0.717, 1.165) is 10.0 Å². The van der Waals surface area contributed by atoms with Gasteiger partial charge in [-0.25, -0.2) is 0 Å². The van der Waals surface area contributed by atoms with Gasteiger partial charge in [0.1, 0.15) is 0 Å². The van der Waals surface area contributed by atoms with Crippen LogP contribution in [0.15, 0.2) is 22.7 Å². The number of anilines is 1. The molecule has 106 valence electrons. The van der Waals surface area contributed by atoms with Gasteiger partial charge in [0.25, 0.3) is 0 Å². The maximum Gasteiger partial charge on any atom is 0.0606 e. The largest absolute Gasteiger partial charge is 0.395 e. The average Bonchev–Trinajstić information content (AvgIpc) is 2.45. The molecule has 0 unspecified atom stereocenters. The normalized spacial score (nSPS) is 16.6. The predicted octanol–water partition coefficient (Wildman–Crippen LogP) is 3.04. The van der Waals surface area contributed by atoms with Crippen molar-refractivity contribution in [2.45, 2.75) is 44.7 Å². The minimum Gasteiger partial charge on any atom is -0.395 e. The fraction of sp³-hybridized carbons (Fsp3) is 0.600. The highest BCUT2D eigenvalue weighted by Crippen LogP contribution is 2.32. The molecule has 19 heavy (non-hydrogen) atoms. The molecule has 0 spiro atoms. The van der Waals surface area contributed by atoms with E-state index >= 15 is 0 Å². The highest BCUT2D eigenvalue weighted by atomic mass is 79.9. The van der Waals surface area contributed by atoms with E-state index in [2.05, 4.69) is 26.9 Å². The van der Waals surface area contributed by atoms with Crippen LogP contribution in [0.4, 0.5) is 5.69 Å². The number of benzene rings is 1. The van der Waals surface area contributed by atoms with Crippen LogP contribution in [0.25, 0.3) is 0 Å². The Hall–Kier alpha value is -0.580. The number of aliphatic hydroxyl groups is 1. The van der Waals surface area contributed by atoms with Crippen LogP contribution in [0.5, 0.6) is 0 Å². The number of halogens is 1. The molecule has 1 saturated carbocycles. The summed E-state index contributed by atoms with van der Waals surface area (Å²) in [5, 5.41) is 9.38. The maximum atomic E-state index is 9.38. The SMILES string of the molecule is NCc1c(Br)cccc1N(CCO)C1CCCCC1. The first-order valence-corrected chi connectivity index (χ1v) is 7.92. The molecule has 3 nitrogen and oxygen atoms in total. The number of rotatable bonds is 5. The second-order valence-electron chi connectivity index (χ2n) is 5.15. The van der Waals surface area contributed by atoms with E-state index in [0.29, 0.717) is 19.1 Å². The summed E-state index contributed by atoms with van der Waals surface area (Å²) in [7, 11) is 0. The third-order valence-electron chi connectivity index (χ3n) is 3.96. The Labute approximate surface area is 123 Å². The summed E-state index contributed by atoms with van der Waals surface area (Å²) in [4.78, 5) is 2.35. The molecule has 1 aliphatic rings. The molecule has 4 heteroatoms. The second kappa shape index (κ2) is 7.27. The molecule has 0 saturated heterocycles. The van der Waals surface area contributed by atoms with Gasteiger partial charge in [-0.1, -0.05) is 41.3 Å². The Bertz CT molecular complexity index is 405. The second-order valence-corrected chi connectivity index (χ2v) is 6.00. The Morgan fingerprint density at radius 2 is 2.00 bits per heavy atom. The summed E-state index contributed by atoms with van der Waals surface area (Å²) in [6.45, 7) is 1.40. The fourth-order valence-electron chi connectivity index (χ4n) is 3.02. The average molecular weight is 327 g/mol. The summed E-state index contributed by atoms with van der Waals surface area (Å²) in [5.41, 5.74) is 8.21. The van der Waals surface area contributed by atoms with Gasteiger partial charge in [0.15, 0.2) is 0 Å². The smallest absolute Gasteiger partial charge is 0.0606 e. The summed E-state index contributed by atoms with van der Waals surface area (Å²) in [6, 6.07) is 6.74. The summed E-state index contributed by atoms with van der Waals surface area (Å²) < 4.78 is 1.06. The van der Waals surface area contributed by atoms with E-state index in [1.54, 1.807) is 0 Å².